The fourth-order valence-corrected chi connectivity index (χ4v) is 5.10. The minimum atomic E-state index is -0.236. The van der Waals surface area contributed by atoms with Crippen molar-refractivity contribution in [2.45, 2.75) is 77.4 Å². The second-order valence-electron chi connectivity index (χ2n) is 10.3. The first-order chi connectivity index (χ1) is 16.9. The van der Waals surface area contributed by atoms with Crippen LogP contribution in [-0.2, 0) is 16.8 Å². The number of piperidine rings is 1. The normalized spacial score (nSPS) is 16.4. The van der Waals surface area contributed by atoms with Crippen LogP contribution in [0.5, 0.6) is 0 Å². The SMILES string of the molecule is C=CCN(C(=O)OCc1ccc(C)cc1)C1CCN(CCC(C)(CCCC)c2ccccc2)CC1. The molecule has 0 spiro atoms. The van der Waals surface area contributed by atoms with Crippen molar-refractivity contribution in [1.82, 2.24) is 9.80 Å². The number of nitrogens with zero attached hydrogens (tertiary/aromatic N) is 2. The lowest BCUT2D eigenvalue weighted by molar-refractivity contribution is 0.0647. The first-order valence-corrected chi connectivity index (χ1v) is 13.3. The maximum atomic E-state index is 12.9. The van der Waals surface area contributed by atoms with E-state index in [0.717, 1.165) is 44.5 Å². The van der Waals surface area contributed by atoms with Crippen LogP contribution in [-0.4, -0.2) is 48.1 Å². The number of unbranched alkanes of at least 4 members (excludes halogenated alkanes) is 1. The topological polar surface area (TPSA) is 32.8 Å². The molecule has 2 aromatic carbocycles. The Balaban J connectivity index is 1.52. The summed E-state index contributed by atoms with van der Waals surface area (Å²) in [5.74, 6) is 0. The molecule has 3 rings (SSSR count). The van der Waals surface area contributed by atoms with Gasteiger partial charge in [0.1, 0.15) is 6.61 Å². The van der Waals surface area contributed by atoms with Crippen LogP contribution in [0.3, 0.4) is 0 Å². The molecule has 0 N–H and O–H groups in total. The Bertz CT molecular complexity index is 903. The van der Waals surface area contributed by atoms with Gasteiger partial charge in [-0.15, -0.1) is 6.58 Å². The average molecular weight is 477 g/mol. The lowest BCUT2D eigenvalue weighted by atomic mass is 9.75. The third kappa shape index (κ3) is 7.96. The molecule has 0 saturated carbocycles. The first kappa shape index (κ1) is 27.0. The summed E-state index contributed by atoms with van der Waals surface area (Å²) in [5, 5.41) is 0. The largest absolute Gasteiger partial charge is 0.445 e. The van der Waals surface area contributed by atoms with Gasteiger partial charge in [0.25, 0.3) is 0 Å². The summed E-state index contributed by atoms with van der Waals surface area (Å²) in [4.78, 5) is 17.4. The summed E-state index contributed by atoms with van der Waals surface area (Å²) in [5.41, 5.74) is 3.89. The van der Waals surface area contributed by atoms with Gasteiger partial charge in [0, 0.05) is 25.7 Å². The Morgan fingerprint density at radius 1 is 1.11 bits per heavy atom. The zero-order valence-electron chi connectivity index (χ0n) is 22.0. The van der Waals surface area contributed by atoms with Crippen LogP contribution in [0.1, 0.15) is 69.1 Å². The van der Waals surface area contributed by atoms with Gasteiger partial charge in [-0.25, -0.2) is 4.79 Å². The van der Waals surface area contributed by atoms with Crippen molar-refractivity contribution >= 4 is 6.09 Å². The maximum Gasteiger partial charge on any atom is 0.410 e. The summed E-state index contributed by atoms with van der Waals surface area (Å²) in [6.45, 7) is 14.6. The van der Waals surface area contributed by atoms with Gasteiger partial charge < -0.3 is 14.5 Å². The Morgan fingerprint density at radius 3 is 2.43 bits per heavy atom. The summed E-state index contributed by atoms with van der Waals surface area (Å²) >= 11 is 0. The number of likely N-dealkylation sites (tertiary alicyclic amines) is 1. The molecule has 1 fully saturated rings. The summed E-state index contributed by atoms with van der Waals surface area (Å²) in [7, 11) is 0. The van der Waals surface area contributed by atoms with Crippen LogP contribution < -0.4 is 0 Å². The highest BCUT2D eigenvalue weighted by molar-refractivity contribution is 5.68. The number of aryl methyl sites for hydroxylation is 1. The predicted molar refractivity (Wildman–Crippen MR) is 146 cm³/mol. The van der Waals surface area contributed by atoms with E-state index in [9.17, 15) is 4.79 Å². The average Bonchev–Trinajstić information content (AvgIpc) is 2.90. The Kier molecular flexibility index (Phi) is 10.4. The second-order valence-corrected chi connectivity index (χ2v) is 10.3. The number of ether oxygens (including phenoxy) is 1. The lowest BCUT2D eigenvalue weighted by Gasteiger charge is -2.39. The highest BCUT2D eigenvalue weighted by Gasteiger charge is 2.30. The van der Waals surface area contributed by atoms with Crippen LogP contribution >= 0.6 is 0 Å². The van der Waals surface area contributed by atoms with Crippen molar-refractivity contribution in [3.63, 3.8) is 0 Å². The number of amides is 1. The number of hydrogen-bond donors (Lipinski definition) is 0. The van der Waals surface area contributed by atoms with Gasteiger partial charge in [-0.1, -0.05) is 92.9 Å². The number of carbonyl (C=O) groups excluding carboxylic acids is 1. The fourth-order valence-electron chi connectivity index (χ4n) is 5.10. The molecule has 1 aliphatic heterocycles. The lowest BCUT2D eigenvalue weighted by Crippen LogP contribution is -2.48. The molecule has 2 aromatic rings. The Hall–Kier alpha value is -2.59. The van der Waals surface area contributed by atoms with Crippen LogP contribution in [0.4, 0.5) is 4.79 Å². The van der Waals surface area contributed by atoms with E-state index in [-0.39, 0.29) is 17.6 Å². The third-order valence-corrected chi connectivity index (χ3v) is 7.57. The fraction of sp³-hybridized carbons (Fsp3) is 0.516. The van der Waals surface area contributed by atoms with Gasteiger partial charge >= 0.3 is 6.09 Å². The van der Waals surface area contributed by atoms with Crippen molar-refractivity contribution in [2.24, 2.45) is 0 Å². The molecule has 0 aliphatic carbocycles. The zero-order valence-corrected chi connectivity index (χ0v) is 22.0. The summed E-state index contributed by atoms with van der Waals surface area (Å²) < 4.78 is 5.67. The van der Waals surface area contributed by atoms with E-state index in [1.807, 2.05) is 29.2 Å². The molecule has 4 heteroatoms. The van der Waals surface area contributed by atoms with Gasteiger partial charge in [0.2, 0.25) is 0 Å². The maximum absolute atomic E-state index is 12.9. The predicted octanol–water partition coefficient (Wildman–Crippen LogP) is 7.12. The van der Waals surface area contributed by atoms with Crippen molar-refractivity contribution < 1.29 is 9.53 Å². The molecule has 1 amide bonds. The first-order valence-electron chi connectivity index (χ1n) is 13.3. The van der Waals surface area contributed by atoms with Crippen molar-refractivity contribution in [3.05, 3.63) is 83.9 Å². The molecule has 4 nitrogen and oxygen atoms in total. The van der Waals surface area contributed by atoms with E-state index in [4.69, 9.17) is 4.74 Å². The number of carbonyl (C=O) groups is 1. The standard InChI is InChI=1S/C31H44N2O2/c1-5-7-19-31(4,28-11-9-8-10-12-28)20-24-32-22-17-29(18-23-32)33(21-6-2)30(34)35-25-27-15-13-26(3)14-16-27/h6,8-16,29H,2,5,7,17-25H2,1,3-4H3. The second kappa shape index (κ2) is 13.5. The van der Waals surface area contributed by atoms with Crippen LogP contribution in [0.2, 0.25) is 0 Å². The van der Waals surface area contributed by atoms with Crippen molar-refractivity contribution in [3.8, 4) is 0 Å². The molecule has 0 aromatic heterocycles. The number of hydrogen-bond acceptors (Lipinski definition) is 3. The van der Waals surface area contributed by atoms with E-state index in [1.165, 1.54) is 30.4 Å². The van der Waals surface area contributed by atoms with Gasteiger partial charge in [0.15, 0.2) is 0 Å². The molecule has 1 atom stereocenters. The monoisotopic (exact) mass is 476 g/mol. The smallest absolute Gasteiger partial charge is 0.410 e. The Morgan fingerprint density at radius 2 is 1.80 bits per heavy atom. The van der Waals surface area contributed by atoms with Crippen molar-refractivity contribution in [2.75, 3.05) is 26.2 Å². The van der Waals surface area contributed by atoms with Crippen LogP contribution in [0.15, 0.2) is 67.3 Å². The number of rotatable bonds is 12. The van der Waals surface area contributed by atoms with E-state index in [1.54, 1.807) is 6.08 Å². The van der Waals surface area contributed by atoms with Crippen molar-refractivity contribution in [1.29, 1.82) is 0 Å². The van der Waals surface area contributed by atoms with Crippen LogP contribution in [0.25, 0.3) is 0 Å². The molecule has 190 valence electrons. The van der Waals surface area contributed by atoms with Gasteiger partial charge in [0.05, 0.1) is 0 Å². The Labute approximate surface area is 213 Å². The molecule has 0 bridgehead atoms. The molecular weight excluding hydrogens is 432 g/mol. The summed E-state index contributed by atoms with van der Waals surface area (Å²) in [6.07, 6.45) is 8.40. The molecular formula is C31H44N2O2. The minimum Gasteiger partial charge on any atom is -0.445 e. The quantitative estimate of drug-likeness (QED) is 0.306. The van der Waals surface area contributed by atoms with Gasteiger partial charge in [-0.05, 0) is 55.7 Å². The number of benzene rings is 2. The van der Waals surface area contributed by atoms with Gasteiger partial charge in [-0.2, -0.15) is 0 Å². The van der Waals surface area contributed by atoms with Crippen LogP contribution in [0, 0.1) is 6.92 Å². The zero-order chi connectivity index (χ0) is 25.1. The highest BCUT2D eigenvalue weighted by atomic mass is 16.6. The van der Waals surface area contributed by atoms with E-state index >= 15 is 0 Å². The molecule has 35 heavy (non-hydrogen) atoms. The molecule has 1 saturated heterocycles. The third-order valence-electron chi connectivity index (χ3n) is 7.57. The molecule has 1 unspecified atom stereocenters. The molecule has 1 heterocycles. The van der Waals surface area contributed by atoms with E-state index < -0.39 is 0 Å². The van der Waals surface area contributed by atoms with Gasteiger partial charge in [-0.3, -0.25) is 0 Å². The summed E-state index contributed by atoms with van der Waals surface area (Å²) in [6, 6.07) is 19.3. The van der Waals surface area contributed by atoms with E-state index in [2.05, 4.69) is 62.6 Å². The highest BCUT2D eigenvalue weighted by Crippen LogP contribution is 2.34. The minimum absolute atomic E-state index is 0.204. The molecule has 0 radical (unpaired) electrons. The van der Waals surface area contributed by atoms with E-state index in [0.29, 0.717) is 13.2 Å². The molecule has 1 aliphatic rings.